The summed E-state index contributed by atoms with van der Waals surface area (Å²) < 4.78 is 2.07. The Kier molecular flexibility index (Phi) is 4.47. The first-order valence-corrected chi connectivity index (χ1v) is 10.1. The largest absolute Gasteiger partial charge is 0.222 e. The number of nitrogens with zero attached hydrogens (tertiary/aromatic N) is 3. The molecule has 3 nitrogen and oxygen atoms in total. The maximum absolute atomic E-state index is 4.91. The van der Waals surface area contributed by atoms with Crippen molar-refractivity contribution in [2.45, 2.75) is 88.9 Å². The summed E-state index contributed by atoms with van der Waals surface area (Å²) in [5.41, 5.74) is 1.29. The maximum atomic E-state index is 4.91. The van der Waals surface area contributed by atoms with E-state index >= 15 is 0 Å². The van der Waals surface area contributed by atoms with E-state index in [-0.39, 0.29) is 0 Å². The maximum Gasteiger partial charge on any atom is 0.212 e. The number of hydrogen-bond donors (Lipinski definition) is 0. The molecule has 120 valence electrons. The van der Waals surface area contributed by atoms with Crippen molar-refractivity contribution in [3.8, 4) is 0 Å². The van der Waals surface area contributed by atoms with Crippen LogP contribution in [-0.4, -0.2) is 14.6 Å². The second-order valence-electron chi connectivity index (χ2n) is 7.21. The van der Waals surface area contributed by atoms with Crippen molar-refractivity contribution < 1.29 is 0 Å². The first-order valence-electron chi connectivity index (χ1n) is 9.26. The summed E-state index contributed by atoms with van der Waals surface area (Å²) in [5.74, 6) is 1.37. The Hall–Kier alpha value is -0.900. The highest BCUT2D eigenvalue weighted by atomic mass is 32.1. The Balaban J connectivity index is 1.52. The van der Waals surface area contributed by atoms with Gasteiger partial charge in [0.2, 0.25) is 4.96 Å². The first-order chi connectivity index (χ1) is 10.9. The van der Waals surface area contributed by atoms with Gasteiger partial charge in [-0.25, -0.2) is 9.50 Å². The molecule has 2 saturated carbocycles. The zero-order valence-electron chi connectivity index (χ0n) is 13.5. The van der Waals surface area contributed by atoms with Crippen LogP contribution < -0.4 is 0 Å². The molecular weight excluding hydrogens is 290 g/mol. The molecule has 0 aromatic carbocycles. The summed E-state index contributed by atoms with van der Waals surface area (Å²) in [4.78, 5) is 6.04. The molecule has 4 heteroatoms. The van der Waals surface area contributed by atoms with Gasteiger partial charge >= 0.3 is 0 Å². The molecule has 2 aliphatic rings. The van der Waals surface area contributed by atoms with E-state index in [4.69, 9.17) is 10.1 Å². The summed E-state index contributed by atoms with van der Waals surface area (Å²) in [5, 5.41) is 6.23. The van der Waals surface area contributed by atoms with Crippen LogP contribution in [0.15, 0.2) is 6.20 Å². The molecule has 4 rings (SSSR count). The molecule has 0 bridgehead atoms. The zero-order valence-corrected chi connectivity index (χ0v) is 14.3. The van der Waals surface area contributed by atoms with E-state index < -0.39 is 0 Å². The van der Waals surface area contributed by atoms with Gasteiger partial charge in [-0.2, -0.15) is 5.10 Å². The molecule has 0 amide bonds. The highest BCUT2D eigenvalue weighted by molar-refractivity contribution is 7.16. The van der Waals surface area contributed by atoms with E-state index in [2.05, 4.69) is 10.7 Å². The van der Waals surface area contributed by atoms with Gasteiger partial charge in [-0.1, -0.05) is 62.7 Å². The number of rotatable bonds is 2. The monoisotopic (exact) mass is 317 g/mol. The van der Waals surface area contributed by atoms with Gasteiger partial charge in [-0.05, 0) is 25.7 Å². The molecule has 0 unspecified atom stereocenters. The molecule has 22 heavy (non-hydrogen) atoms. The SMILES string of the molecule is c1c(C2CCCCC2)nc2sc(C3CCCCCCC3)nn12. The third-order valence-corrected chi connectivity index (χ3v) is 6.64. The molecule has 0 spiro atoms. The van der Waals surface area contributed by atoms with Gasteiger partial charge in [-0.3, -0.25) is 0 Å². The van der Waals surface area contributed by atoms with Crippen LogP contribution in [0.25, 0.3) is 4.96 Å². The molecule has 2 heterocycles. The Morgan fingerprint density at radius 2 is 1.41 bits per heavy atom. The molecule has 2 aliphatic carbocycles. The molecule has 0 atom stereocenters. The molecular formula is C18H27N3S. The molecule has 0 saturated heterocycles. The van der Waals surface area contributed by atoms with E-state index in [1.165, 1.54) is 87.8 Å². The van der Waals surface area contributed by atoms with Crippen molar-refractivity contribution in [2.75, 3.05) is 0 Å². The van der Waals surface area contributed by atoms with Gasteiger partial charge in [0, 0.05) is 11.8 Å². The van der Waals surface area contributed by atoms with Crippen molar-refractivity contribution >= 4 is 16.3 Å². The normalized spacial score (nSPS) is 22.7. The van der Waals surface area contributed by atoms with Crippen LogP contribution in [0, 0.1) is 0 Å². The van der Waals surface area contributed by atoms with E-state index in [0.717, 1.165) is 4.96 Å². The minimum Gasteiger partial charge on any atom is -0.222 e. The molecule has 2 fully saturated rings. The summed E-state index contributed by atoms with van der Waals surface area (Å²) >= 11 is 1.85. The Bertz CT molecular complexity index is 569. The Morgan fingerprint density at radius 3 is 2.09 bits per heavy atom. The van der Waals surface area contributed by atoms with E-state index in [0.29, 0.717) is 11.8 Å². The third-order valence-electron chi connectivity index (χ3n) is 5.56. The molecule has 0 radical (unpaired) electrons. The van der Waals surface area contributed by atoms with Gasteiger partial charge in [-0.15, -0.1) is 0 Å². The van der Waals surface area contributed by atoms with E-state index in [9.17, 15) is 0 Å². The minimum atomic E-state index is 0.685. The average Bonchev–Trinajstić information content (AvgIpc) is 3.06. The molecule has 2 aromatic heterocycles. The fourth-order valence-corrected chi connectivity index (χ4v) is 5.25. The van der Waals surface area contributed by atoms with E-state index in [1.807, 2.05) is 11.3 Å². The Labute approximate surface area is 137 Å². The highest BCUT2D eigenvalue weighted by Gasteiger charge is 2.22. The first kappa shape index (κ1) is 14.7. The van der Waals surface area contributed by atoms with Gasteiger partial charge < -0.3 is 0 Å². The minimum absolute atomic E-state index is 0.685. The number of imidazole rings is 1. The number of aromatic nitrogens is 3. The number of hydrogen-bond acceptors (Lipinski definition) is 3. The molecule has 0 N–H and O–H groups in total. The van der Waals surface area contributed by atoms with Crippen molar-refractivity contribution in [2.24, 2.45) is 0 Å². The number of fused-ring (bicyclic) bond motifs is 1. The second kappa shape index (κ2) is 6.69. The lowest BCUT2D eigenvalue weighted by molar-refractivity contribution is 0.437. The van der Waals surface area contributed by atoms with Crippen molar-refractivity contribution in [3.63, 3.8) is 0 Å². The van der Waals surface area contributed by atoms with Gasteiger partial charge in [0.1, 0.15) is 5.01 Å². The predicted molar refractivity (Wildman–Crippen MR) is 91.8 cm³/mol. The van der Waals surface area contributed by atoms with Crippen LogP contribution >= 0.6 is 11.3 Å². The fourth-order valence-electron chi connectivity index (χ4n) is 4.20. The lowest BCUT2D eigenvalue weighted by atomic mass is 9.87. The van der Waals surface area contributed by atoms with Gasteiger partial charge in [0.15, 0.2) is 0 Å². The summed E-state index contributed by atoms with van der Waals surface area (Å²) in [7, 11) is 0. The van der Waals surface area contributed by atoms with Crippen molar-refractivity contribution in [1.29, 1.82) is 0 Å². The predicted octanol–water partition coefficient (Wildman–Crippen LogP) is 5.67. The van der Waals surface area contributed by atoms with Crippen LogP contribution in [0.2, 0.25) is 0 Å². The van der Waals surface area contributed by atoms with E-state index in [1.54, 1.807) is 0 Å². The standard InChI is InChI=1S/C18H27N3S/c1-2-5-11-15(12-6-3-1)17-20-21-13-16(19-18(21)22-17)14-9-7-4-8-10-14/h13-15H,1-12H2. The van der Waals surface area contributed by atoms with Crippen molar-refractivity contribution in [1.82, 2.24) is 14.6 Å². The summed E-state index contributed by atoms with van der Waals surface area (Å²) in [6.07, 6.45) is 18.7. The van der Waals surface area contributed by atoms with Gasteiger partial charge in [0.05, 0.1) is 11.9 Å². The van der Waals surface area contributed by atoms with Crippen LogP contribution in [0.1, 0.15) is 99.6 Å². The van der Waals surface area contributed by atoms with Crippen LogP contribution in [0.3, 0.4) is 0 Å². The topological polar surface area (TPSA) is 30.2 Å². The van der Waals surface area contributed by atoms with Crippen LogP contribution in [0.4, 0.5) is 0 Å². The van der Waals surface area contributed by atoms with Crippen LogP contribution in [0.5, 0.6) is 0 Å². The quantitative estimate of drug-likeness (QED) is 0.714. The molecule has 0 aliphatic heterocycles. The van der Waals surface area contributed by atoms with Crippen molar-refractivity contribution in [3.05, 3.63) is 16.9 Å². The van der Waals surface area contributed by atoms with Gasteiger partial charge in [0.25, 0.3) is 0 Å². The fraction of sp³-hybridized carbons (Fsp3) is 0.778. The smallest absolute Gasteiger partial charge is 0.212 e. The third kappa shape index (κ3) is 3.08. The average molecular weight is 318 g/mol. The second-order valence-corrected chi connectivity index (χ2v) is 8.20. The highest BCUT2D eigenvalue weighted by Crippen LogP contribution is 2.36. The summed E-state index contributed by atoms with van der Waals surface area (Å²) in [6, 6.07) is 0. The van der Waals surface area contributed by atoms with Crippen LogP contribution in [-0.2, 0) is 0 Å². The molecule has 2 aromatic rings. The summed E-state index contributed by atoms with van der Waals surface area (Å²) in [6.45, 7) is 0. The zero-order chi connectivity index (χ0) is 14.8. The lowest BCUT2D eigenvalue weighted by Crippen LogP contribution is -2.05. The Morgan fingerprint density at radius 1 is 0.818 bits per heavy atom. The lowest BCUT2D eigenvalue weighted by Gasteiger charge is -2.19.